The zero-order valence-electron chi connectivity index (χ0n) is 11.3. The predicted octanol–water partition coefficient (Wildman–Crippen LogP) is 2.22. The van der Waals surface area contributed by atoms with Gasteiger partial charge in [0.15, 0.2) is 0 Å². The fourth-order valence-electron chi connectivity index (χ4n) is 3.31. The van der Waals surface area contributed by atoms with Gasteiger partial charge in [0, 0.05) is 0 Å². The summed E-state index contributed by atoms with van der Waals surface area (Å²) in [6.07, 6.45) is 2.43. The normalized spacial score (nSPS) is 29.4. The van der Waals surface area contributed by atoms with Gasteiger partial charge in [0.2, 0.25) is 0 Å². The van der Waals surface area contributed by atoms with Gasteiger partial charge >= 0.3 is 122 Å². The molecule has 1 aromatic rings. The summed E-state index contributed by atoms with van der Waals surface area (Å²) in [5.74, 6) is 0. The molecule has 19 heavy (non-hydrogen) atoms. The summed E-state index contributed by atoms with van der Waals surface area (Å²) in [5.41, 5.74) is 1.41. The van der Waals surface area contributed by atoms with Gasteiger partial charge in [-0.2, -0.15) is 0 Å². The van der Waals surface area contributed by atoms with E-state index in [9.17, 15) is 3.08 Å². The second-order valence-electron chi connectivity index (χ2n) is 5.67. The third kappa shape index (κ3) is 3.44. The molecule has 2 aliphatic heterocycles. The molecular weight excluding hydrogens is 343 g/mol. The van der Waals surface area contributed by atoms with Crippen molar-refractivity contribution in [3.8, 4) is 0 Å². The Morgan fingerprint density at radius 3 is 2.63 bits per heavy atom. The molecule has 1 N–H and O–H groups in total. The van der Waals surface area contributed by atoms with Crippen molar-refractivity contribution in [3.63, 3.8) is 0 Å². The first-order valence-corrected chi connectivity index (χ1v) is 12.6. The van der Waals surface area contributed by atoms with Crippen LogP contribution in [0.15, 0.2) is 30.3 Å². The van der Waals surface area contributed by atoms with Gasteiger partial charge in [-0.1, -0.05) is 0 Å². The number of nitrogens with one attached hydrogen (secondary N) is 1. The Morgan fingerprint density at radius 1 is 1.16 bits per heavy atom. The van der Waals surface area contributed by atoms with Crippen molar-refractivity contribution in [2.75, 3.05) is 19.6 Å². The molecule has 2 heterocycles. The molecule has 0 bridgehead atoms. The fourth-order valence-corrected chi connectivity index (χ4v) is 7.08. The van der Waals surface area contributed by atoms with Gasteiger partial charge in [0.05, 0.1) is 0 Å². The minimum absolute atomic E-state index is 0.493. The molecule has 4 heteroatoms. The van der Waals surface area contributed by atoms with E-state index in [1.165, 1.54) is 18.4 Å². The van der Waals surface area contributed by atoms with E-state index in [0.717, 1.165) is 28.5 Å². The third-order valence-corrected chi connectivity index (χ3v) is 8.91. The van der Waals surface area contributed by atoms with Crippen LogP contribution in [0, 0.1) is 0 Å². The number of hydrogen-bond donors (Lipinski definition) is 1. The molecule has 0 amide bonds. The molecule has 1 aromatic carbocycles. The molecule has 2 fully saturated rings. The van der Waals surface area contributed by atoms with Crippen molar-refractivity contribution in [1.29, 1.82) is 0 Å². The van der Waals surface area contributed by atoms with E-state index in [4.69, 9.17) is 0 Å². The third-order valence-electron chi connectivity index (χ3n) is 4.45. The van der Waals surface area contributed by atoms with Crippen molar-refractivity contribution < 1.29 is 3.08 Å². The Morgan fingerprint density at radius 2 is 1.89 bits per heavy atom. The maximum absolute atomic E-state index is 11.6. The molecule has 3 nitrogen and oxygen atoms in total. The van der Waals surface area contributed by atoms with Crippen molar-refractivity contribution >= 4 is 19.7 Å². The maximum atomic E-state index is 11.6. The number of nitrogens with zero attached hydrogens (tertiary/aromatic N) is 1. The summed E-state index contributed by atoms with van der Waals surface area (Å²) >= 11 is -2.09. The summed E-state index contributed by atoms with van der Waals surface area (Å²) in [7, 11) is 0. The van der Waals surface area contributed by atoms with Crippen molar-refractivity contribution in [1.82, 2.24) is 10.2 Å². The van der Waals surface area contributed by atoms with E-state index >= 15 is 0 Å². The van der Waals surface area contributed by atoms with Gasteiger partial charge in [-0.3, -0.25) is 0 Å². The van der Waals surface area contributed by atoms with Crippen LogP contribution in [0.2, 0.25) is 8.87 Å². The van der Waals surface area contributed by atoms with Crippen LogP contribution >= 0.6 is 0 Å². The van der Waals surface area contributed by atoms with Gasteiger partial charge in [0.1, 0.15) is 0 Å². The van der Waals surface area contributed by atoms with Gasteiger partial charge in [-0.25, -0.2) is 0 Å². The molecule has 0 saturated carbocycles. The SMILES string of the molecule is [O]=[Sn]1[CH2]CN(C2CCNC(c3ccccc3)C2)C[CH2]1. The Bertz CT molecular complexity index is 427. The summed E-state index contributed by atoms with van der Waals surface area (Å²) < 4.78 is 13.7. The first-order valence-electron chi connectivity index (χ1n) is 7.37. The molecule has 2 atom stereocenters. The van der Waals surface area contributed by atoms with Crippen molar-refractivity contribution in [2.45, 2.75) is 33.8 Å². The van der Waals surface area contributed by atoms with Crippen LogP contribution in [-0.4, -0.2) is 50.3 Å². The van der Waals surface area contributed by atoms with Crippen LogP contribution in [0.4, 0.5) is 0 Å². The Labute approximate surface area is 122 Å². The topological polar surface area (TPSA) is 32.3 Å². The molecule has 3 rings (SSSR count). The van der Waals surface area contributed by atoms with Crippen LogP contribution in [-0.2, 0) is 3.08 Å². The Hall–Kier alpha value is -0.261. The van der Waals surface area contributed by atoms with Gasteiger partial charge < -0.3 is 0 Å². The van der Waals surface area contributed by atoms with Crippen molar-refractivity contribution in [3.05, 3.63) is 35.9 Å². The van der Waals surface area contributed by atoms with E-state index in [2.05, 4.69) is 40.5 Å². The van der Waals surface area contributed by atoms with Gasteiger partial charge in [-0.15, -0.1) is 0 Å². The molecule has 2 saturated heterocycles. The number of benzene rings is 1. The average Bonchev–Trinajstić information content (AvgIpc) is 2.49. The molecule has 102 valence electrons. The fraction of sp³-hybridized carbons (Fsp3) is 0.600. The summed E-state index contributed by atoms with van der Waals surface area (Å²) in [6, 6.07) is 11.9. The summed E-state index contributed by atoms with van der Waals surface area (Å²) in [6.45, 7) is 3.28. The van der Waals surface area contributed by atoms with Crippen molar-refractivity contribution in [2.24, 2.45) is 0 Å². The molecule has 2 unspecified atom stereocenters. The van der Waals surface area contributed by atoms with E-state index in [1.807, 2.05) is 0 Å². The standard InChI is InChI=1S/C15H22N2.O.Sn/c1-3-17(4-2)14-10-11-16-15(12-14)13-8-6-5-7-9-13;;/h5-9,14-16H,1-4,10-12H2;;. The zero-order valence-corrected chi connectivity index (χ0v) is 14.2. The first kappa shape index (κ1) is 13.7. The number of rotatable bonds is 2. The monoisotopic (exact) mass is 366 g/mol. The Balaban J connectivity index is 1.63. The summed E-state index contributed by atoms with van der Waals surface area (Å²) in [5, 5.41) is 3.64. The molecule has 2 aliphatic rings. The van der Waals surface area contributed by atoms with Crippen LogP contribution in [0.1, 0.15) is 24.4 Å². The molecule has 0 spiro atoms. The van der Waals surface area contributed by atoms with Crippen LogP contribution < -0.4 is 5.32 Å². The molecule has 0 radical (unpaired) electrons. The summed E-state index contributed by atoms with van der Waals surface area (Å²) in [4.78, 5) is 2.60. The molecule has 0 aromatic heterocycles. The molecular formula is C15H22N2OSn. The number of piperidine rings is 1. The zero-order chi connectivity index (χ0) is 13.1. The number of hydrogen-bond acceptors (Lipinski definition) is 3. The van der Waals surface area contributed by atoms with Crippen LogP contribution in [0.5, 0.6) is 0 Å². The van der Waals surface area contributed by atoms with Crippen LogP contribution in [0.3, 0.4) is 0 Å². The predicted molar refractivity (Wildman–Crippen MR) is 77.8 cm³/mol. The van der Waals surface area contributed by atoms with E-state index in [-0.39, 0.29) is 0 Å². The van der Waals surface area contributed by atoms with Crippen LogP contribution in [0.25, 0.3) is 0 Å². The Kier molecular flexibility index (Phi) is 4.66. The average molecular weight is 365 g/mol. The minimum atomic E-state index is -2.09. The first-order chi connectivity index (χ1) is 9.33. The van der Waals surface area contributed by atoms with E-state index in [1.54, 1.807) is 0 Å². The second-order valence-corrected chi connectivity index (χ2v) is 11.6. The molecule has 0 aliphatic carbocycles. The van der Waals surface area contributed by atoms with E-state index in [0.29, 0.717) is 12.1 Å². The second kappa shape index (κ2) is 6.46. The van der Waals surface area contributed by atoms with Gasteiger partial charge in [-0.05, 0) is 0 Å². The quantitative estimate of drug-likeness (QED) is 0.816. The van der Waals surface area contributed by atoms with E-state index < -0.39 is 19.7 Å². The van der Waals surface area contributed by atoms with Gasteiger partial charge in [0.25, 0.3) is 0 Å².